The van der Waals surface area contributed by atoms with Crippen LogP contribution in [0, 0.1) is 53.2 Å². The summed E-state index contributed by atoms with van der Waals surface area (Å²) < 4.78 is 27.6. The molecule has 21 heteroatoms. The highest BCUT2D eigenvalue weighted by Gasteiger charge is 2.57. The maximum absolute atomic E-state index is 14.9. The lowest BCUT2D eigenvalue weighted by atomic mass is 9.69. The normalized spacial score (nSPS) is 35.1. The molecule has 4 aliphatic rings. The summed E-state index contributed by atoms with van der Waals surface area (Å²) in [4.78, 5) is 82.2. The highest BCUT2D eigenvalue weighted by Crippen LogP contribution is 2.46. The maximum atomic E-state index is 14.9. The van der Waals surface area contributed by atoms with Crippen molar-refractivity contribution < 1.29 is 78.4 Å². The zero-order valence-corrected chi connectivity index (χ0v) is 48.1. The van der Waals surface area contributed by atoms with Crippen LogP contribution in [0.3, 0.4) is 0 Å². The fraction of sp³-hybridized carbons (Fsp3) is 0.695. The zero-order chi connectivity index (χ0) is 59.5. The first kappa shape index (κ1) is 65.7. The van der Waals surface area contributed by atoms with Gasteiger partial charge in [-0.2, -0.15) is 0 Å². The van der Waals surface area contributed by atoms with Crippen LogP contribution in [0.25, 0.3) is 0 Å². The number of aliphatic hydroxyl groups excluding tert-OH is 6. The average molecular weight is 1130 g/mol. The second-order valence-electron chi connectivity index (χ2n) is 23.5. The van der Waals surface area contributed by atoms with Crippen LogP contribution in [0.2, 0.25) is 0 Å². The number of aliphatic hydroxyl groups is 6. The average Bonchev–Trinajstić information content (AvgIpc) is 3.46. The lowest BCUT2D eigenvalue weighted by Gasteiger charge is -2.56. The number of nitrogens with one attached hydrogen (secondary N) is 4. The monoisotopic (exact) mass is 1130 g/mol. The van der Waals surface area contributed by atoms with Crippen LogP contribution in [0.15, 0.2) is 54.2 Å². The summed E-state index contributed by atoms with van der Waals surface area (Å²) in [6, 6.07) is -1.34. The number of carbonyl (C=O) groups excluding carboxylic acids is 6. The molecule has 1 aromatic carbocycles. The van der Waals surface area contributed by atoms with Gasteiger partial charge in [0.05, 0.1) is 48.6 Å². The fourth-order valence-corrected chi connectivity index (χ4v) is 11.5. The number of hydrogen-bond acceptors (Lipinski definition) is 16. The first-order chi connectivity index (χ1) is 37.6. The van der Waals surface area contributed by atoms with Gasteiger partial charge in [-0.15, -0.1) is 0 Å². The number of rotatable bonds is 15. The molecule has 3 saturated heterocycles. The molecule has 80 heavy (non-hydrogen) atoms. The lowest BCUT2D eigenvalue weighted by molar-refractivity contribution is -0.267. The van der Waals surface area contributed by atoms with Crippen LogP contribution >= 0.6 is 0 Å². The van der Waals surface area contributed by atoms with Crippen molar-refractivity contribution in [3.8, 4) is 5.75 Å². The van der Waals surface area contributed by atoms with Gasteiger partial charge in [-0.1, -0.05) is 85.8 Å². The number of cyclic esters (lactones) is 1. The summed E-state index contributed by atoms with van der Waals surface area (Å²) in [7, 11) is 0. The molecule has 11 N–H and O–H groups in total. The van der Waals surface area contributed by atoms with Crippen LogP contribution in [-0.4, -0.2) is 149 Å². The molecule has 4 aliphatic heterocycles. The number of allylic oxidation sites excluding steroid dienone is 2. The molecule has 19 atom stereocenters. The van der Waals surface area contributed by atoms with Crippen molar-refractivity contribution in [1.82, 2.24) is 26.4 Å². The summed E-state index contributed by atoms with van der Waals surface area (Å²) >= 11 is 0. The quantitative estimate of drug-likeness (QED) is 0.0878. The molecule has 20 nitrogen and oxygen atoms in total. The van der Waals surface area contributed by atoms with Gasteiger partial charge in [-0.3, -0.25) is 29.0 Å². The molecule has 3 fully saturated rings. The summed E-state index contributed by atoms with van der Waals surface area (Å²) in [6.07, 6.45) is 0.349. The van der Waals surface area contributed by atoms with Crippen LogP contribution in [0.5, 0.6) is 5.75 Å². The van der Waals surface area contributed by atoms with Gasteiger partial charge >= 0.3 is 5.97 Å². The van der Waals surface area contributed by atoms with Gasteiger partial charge in [0.2, 0.25) is 17.7 Å². The predicted octanol–water partition coefficient (Wildman–Crippen LogP) is 3.84. The molecule has 0 aromatic heterocycles. The molecule has 0 radical (unpaired) electrons. The summed E-state index contributed by atoms with van der Waals surface area (Å²) in [5, 5.41) is 88.3. The van der Waals surface area contributed by atoms with Crippen LogP contribution in [0.4, 0.5) is 4.39 Å². The highest BCUT2D eigenvalue weighted by atomic mass is 19.1. The fourth-order valence-electron chi connectivity index (χ4n) is 11.5. The zero-order valence-electron chi connectivity index (χ0n) is 48.1. The topological polar surface area (TPSA) is 314 Å². The minimum Gasteiger partial charge on any atom is -0.508 e. The molecule has 4 amide bonds. The van der Waals surface area contributed by atoms with E-state index in [9.17, 15) is 68.9 Å². The third-order valence-corrected chi connectivity index (χ3v) is 17.2. The molecule has 448 valence electrons. The Hall–Kier alpha value is -5.13. The van der Waals surface area contributed by atoms with Crippen molar-refractivity contribution in [3.05, 3.63) is 65.5 Å². The van der Waals surface area contributed by atoms with Gasteiger partial charge in [-0.05, 0) is 93.9 Å². The van der Waals surface area contributed by atoms with E-state index in [1.54, 1.807) is 32.9 Å². The minimum atomic E-state index is -1.68. The van der Waals surface area contributed by atoms with E-state index in [1.807, 2.05) is 34.6 Å². The Kier molecular flexibility index (Phi) is 24.0. The second kappa shape index (κ2) is 29.2. The molecule has 1 spiro atoms. The molecule has 1 aromatic rings. The Balaban J connectivity index is 1.38. The van der Waals surface area contributed by atoms with E-state index in [2.05, 4.69) is 21.4 Å². The van der Waals surface area contributed by atoms with E-state index < -0.39 is 138 Å². The lowest BCUT2D eigenvalue weighted by Crippen LogP contribution is -2.71. The van der Waals surface area contributed by atoms with E-state index in [4.69, 9.17) is 9.47 Å². The standard InChI is InChI=1S/C59H90FN5O15/c1-11-38-25-33(6)59(63-54(38)74)37(10)52(72)36(9)49(80-59)29-46(70)31(4)19-22-45(69)47(71)24-32(5)48-18-14-12-13-17-44(68)35(8)53(73)42(21-20-34(7)66)55(75)61-50(30(2)3)56(76)62-51(39-26-40(60)28-41(67)27-39)57(77)65-23-15-16-43(64-65)58(78)79-48/h12-14,17,24,26-28,30-31,33,35-38,42-53,64,67-73H,11,15-16,18-23,25,29H2,1-10H3,(H,61,75)(H,62,76)(H,63,74)/b14-12+,17-13+,32-24+/t31-,33-,35-,36-,37-,38-,42+,43?,44-,45?,46-,47?,48-,49-,50-,51?,52-,53+,59+/m0/s1. The Morgan fingerprint density at radius 2 is 1.60 bits per heavy atom. The van der Waals surface area contributed by atoms with Crippen molar-refractivity contribution in [2.45, 2.75) is 206 Å². The van der Waals surface area contributed by atoms with Gasteiger partial charge in [0.15, 0.2) is 0 Å². The third-order valence-electron chi connectivity index (χ3n) is 17.2. The van der Waals surface area contributed by atoms with Crippen LogP contribution in [-0.2, 0) is 38.2 Å². The number of amides is 4. The largest absolute Gasteiger partial charge is 0.508 e. The maximum Gasteiger partial charge on any atom is 0.325 e. The van der Waals surface area contributed by atoms with Gasteiger partial charge in [0.25, 0.3) is 5.91 Å². The number of phenolic OH excluding ortho intramolecular Hbond substituents is 1. The van der Waals surface area contributed by atoms with Crippen molar-refractivity contribution in [2.75, 3.05) is 6.54 Å². The molecule has 5 rings (SSSR count). The number of piperidine rings is 1. The number of fused-ring (bicyclic) bond motifs is 2. The first-order valence-corrected chi connectivity index (χ1v) is 28.6. The van der Waals surface area contributed by atoms with E-state index in [-0.39, 0.29) is 92.9 Å². The SMILES string of the molecule is CC[C@H]1C[C@H](C)[C@@]2(NC1=O)O[C@@H](C[C@H](O)[C@@H](C)CCC(O)C(O)/C=C(\C)[C@@H]1C/C=C/C=C/[C@H](O)[C@H](C)[C@@H](O)[C@@H](CCC(C)=O)C(=O)N[C@@H](C(C)C)C(=O)NC(c3cc(O)cc(F)c3)C(=O)N3CCCC(N3)C(=O)O1)[C@H](C)[C@H](O)[C@@H]2C. The Morgan fingerprint density at radius 3 is 2.25 bits per heavy atom. The third kappa shape index (κ3) is 16.5. The number of hydrazine groups is 1. The molecule has 4 unspecified atom stereocenters. The highest BCUT2D eigenvalue weighted by molar-refractivity contribution is 5.93. The van der Waals surface area contributed by atoms with Gasteiger partial charge in [-0.25, -0.2) is 9.82 Å². The Morgan fingerprint density at radius 1 is 0.900 bits per heavy atom. The molecular weight excluding hydrogens is 1040 g/mol. The molecule has 0 saturated carbocycles. The number of benzene rings is 1. The molecule has 0 aliphatic carbocycles. The number of ketones is 1. The Bertz CT molecular complexity index is 2380. The van der Waals surface area contributed by atoms with E-state index in [0.29, 0.717) is 18.4 Å². The Labute approximate surface area is 470 Å². The summed E-state index contributed by atoms with van der Waals surface area (Å²) in [5.41, 5.74) is 1.96. The number of aromatic hydroxyl groups is 1. The summed E-state index contributed by atoms with van der Waals surface area (Å²) in [6.45, 7) is 17.2. The number of halogens is 1. The van der Waals surface area contributed by atoms with Crippen molar-refractivity contribution in [3.63, 3.8) is 0 Å². The van der Waals surface area contributed by atoms with Crippen molar-refractivity contribution in [2.24, 2.45) is 47.3 Å². The molecular formula is C59H90FN5O15. The minimum absolute atomic E-state index is 0.00758. The van der Waals surface area contributed by atoms with E-state index in [0.717, 1.165) is 23.2 Å². The van der Waals surface area contributed by atoms with Gasteiger partial charge in [0.1, 0.15) is 47.3 Å². The number of nitrogens with zero attached hydrogens (tertiary/aromatic N) is 1. The number of carbonyl (C=O) groups is 6. The number of phenols is 1. The summed E-state index contributed by atoms with van der Waals surface area (Å²) in [5.74, 6) is -9.54. The number of hydrogen-bond donors (Lipinski definition) is 11. The number of esters is 1. The van der Waals surface area contributed by atoms with Gasteiger partial charge in [0, 0.05) is 61.5 Å². The van der Waals surface area contributed by atoms with Crippen LogP contribution < -0.4 is 21.4 Å². The van der Waals surface area contributed by atoms with Crippen molar-refractivity contribution in [1.29, 1.82) is 0 Å². The first-order valence-electron chi connectivity index (χ1n) is 28.6. The number of ether oxygens (including phenoxy) is 2. The molecule has 4 heterocycles. The van der Waals surface area contributed by atoms with E-state index >= 15 is 0 Å². The second-order valence-corrected chi connectivity index (χ2v) is 23.5. The van der Waals surface area contributed by atoms with Crippen molar-refractivity contribution >= 4 is 35.4 Å². The predicted molar refractivity (Wildman–Crippen MR) is 293 cm³/mol. The smallest absolute Gasteiger partial charge is 0.325 e. The van der Waals surface area contributed by atoms with Gasteiger partial charge < -0.3 is 66.0 Å². The van der Waals surface area contributed by atoms with Crippen LogP contribution in [0.1, 0.15) is 145 Å². The van der Waals surface area contributed by atoms with E-state index in [1.165, 1.54) is 32.1 Å². The number of Topliss-reactive ketones (excluding diaryl/α,β-unsaturated/α-hetero) is 1. The molecule has 2 bridgehead atoms.